The summed E-state index contributed by atoms with van der Waals surface area (Å²) in [5.74, 6) is -1.81. The van der Waals surface area contributed by atoms with Crippen molar-refractivity contribution in [1.29, 1.82) is 0 Å². The van der Waals surface area contributed by atoms with E-state index < -0.39 is 57.3 Å². The molecule has 19 nitrogen and oxygen atoms in total. The topological polar surface area (TPSA) is 342 Å². The summed E-state index contributed by atoms with van der Waals surface area (Å²) in [6, 6.07) is 24.4. The number of fused-ring (bicyclic) bond motifs is 3. The monoisotopic (exact) mass is 1060 g/mol. The molecule has 6 aromatic carbocycles. The first-order chi connectivity index (χ1) is 31.8. The van der Waals surface area contributed by atoms with Crippen molar-refractivity contribution in [3.05, 3.63) is 156 Å². The second kappa shape index (κ2) is 20.3. The molecule has 3 aromatic heterocycles. The van der Waals surface area contributed by atoms with Gasteiger partial charge in [0.05, 0.1) is 10.6 Å². The Hall–Kier alpha value is -8.27. The van der Waals surface area contributed by atoms with Gasteiger partial charge < -0.3 is 64.9 Å². The van der Waals surface area contributed by atoms with Gasteiger partial charge in [0.1, 0.15) is 96.2 Å². The van der Waals surface area contributed by atoms with Crippen LogP contribution in [0.25, 0.3) is 66.9 Å². The number of rotatable bonds is 4. The number of nitrogens with zero attached hydrogens (tertiary/aromatic N) is 1. The number of hydrogen-bond donors (Lipinski definition) is 10. The summed E-state index contributed by atoms with van der Waals surface area (Å²) in [5.41, 5.74) is 5.15. The van der Waals surface area contributed by atoms with Crippen LogP contribution in [0.1, 0.15) is 0 Å². The molecule has 67 heavy (non-hydrogen) atoms. The van der Waals surface area contributed by atoms with E-state index in [2.05, 4.69) is 0 Å². The fourth-order valence-corrected chi connectivity index (χ4v) is 6.34. The third kappa shape index (κ3) is 11.0. The number of nitro groups is 1. The predicted molar refractivity (Wildman–Crippen MR) is 247 cm³/mol. The van der Waals surface area contributed by atoms with E-state index in [4.69, 9.17) is 36.8 Å². The molecule has 0 aliphatic heterocycles. The molecule has 9 aromatic rings. The molecule has 0 aliphatic carbocycles. The maximum absolute atomic E-state index is 12.1. The van der Waals surface area contributed by atoms with Crippen LogP contribution in [-0.2, 0) is 0 Å². The van der Waals surface area contributed by atoms with Crippen LogP contribution in [0.15, 0.2) is 143 Å². The van der Waals surface area contributed by atoms with Gasteiger partial charge in [-0.2, -0.15) is 0 Å². The van der Waals surface area contributed by atoms with E-state index in [1.807, 2.05) is 0 Å². The molecule has 0 spiro atoms. The van der Waals surface area contributed by atoms with Crippen LogP contribution in [0.2, 0.25) is 0 Å². The van der Waals surface area contributed by atoms with E-state index in [0.717, 1.165) is 42.5 Å². The molecule has 0 amide bonds. The zero-order chi connectivity index (χ0) is 48.9. The Morgan fingerprint density at radius 1 is 0.448 bits per heavy atom. The van der Waals surface area contributed by atoms with E-state index in [-0.39, 0.29) is 102 Å². The predicted octanol–water partition coefficient (Wildman–Crippen LogP) is 8.22. The number of benzene rings is 6. The molecule has 0 unspecified atom stereocenters. The molecule has 9 rings (SSSR count). The molecule has 0 bridgehead atoms. The average molecular weight is 1060 g/mol. The fraction of sp³-hybridized carbons (Fsp3) is 0. The van der Waals surface area contributed by atoms with Crippen molar-refractivity contribution >= 4 is 81.0 Å². The Kier molecular flexibility index (Phi) is 14.6. The maximum atomic E-state index is 12.1. The Morgan fingerprint density at radius 3 is 1.16 bits per heavy atom. The minimum absolute atomic E-state index is 0.00407. The quantitative estimate of drug-likeness (QED) is 0.0261. The number of nitrogen functional groups attached to an aromatic ring is 1. The average Bonchev–Trinajstić information content (AvgIpc) is 3.24. The Balaban J connectivity index is 0.000000161. The van der Waals surface area contributed by atoms with Gasteiger partial charge in [-0.25, -0.2) is 0 Å². The van der Waals surface area contributed by atoms with Crippen molar-refractivity contribution in [1.82, 2.24) is 0 Å². The standard InChI is InChI=1S/C15H9NO7.C15H11NO5.C15H10O5.2ClH.Sn/c17-8-4-11(19)15-12(20)6-13(23-14(15)5-8)7-1-2-10(18)9(3-7)16(21)22;16-9-3-7(1-2-10(9)18)13-6-12(20)15-11(19)4-8(17)5-14(15)21-13;16-9-3-1-8(2-4-9)13-7-12(19)15-11(18)5-10(17)6-14(15)20-13;;;/h1-6,17-19H;1-6,17-19H,16H2;1-7,16-18H;2*1H;/q;;;;;+2/p-2. The number of phenols is 9. The van der Waals surface area contributed by atoms with Gasteiger partial charge in [0.2, 0.25) is 0 Å². The third-order valence-electron chi connectivity index (χ3n) is 9.30. The van der Waals surface area contributed by atoms with Gasteiger partial charge in [0.15, 0.2) is 22.0 Å². The Labute approximate surface area is 390 Å². The number of anilines is 1. The Morgan fingerprint density at radius 2 is 0.791 bits per heavy atom. The van der Waals surface area contributed by atoms with E-state index in [0.29, 0.717) is 11.1 Å². The van der Waals surface area contributed by atoms with E-state index in [9.17, 15) is 70.5 Å². The van der Waals surface area contributed by atoms with Gasteiger partial charge in [-0.05, 0) is 54.6 Å². The molecule has 0 saturated carbocycles. The van der Waals surface area contributed by atoms with Crippen LogP contribution in [0.4, 0.5) is 11.4 Å². The van der Waals surface area contributed by atoms with Crippen molar-refractivity contribution in [2.45, 2.75) is 0 Å². The van der Waals surface area contributed by atoms with Crippen LogP contribution in [0.5, 0.6) is 51.7 Å². The van der Waals surface area contributed by atoms with Crippen molar-refractivity contribution < 1.29 is 64.1 Å². The summed E-state index contributed by atoms with van der Waals surface area (Å²) in [7, 11) is 9.87. The Bertz CT molecular complexity index is 3540. The van der Waals surface area contributed by atoms with Crippen LogP contribution in [-0.4, -0.2) is 69.8 Å². The van der Waals surface area contributed by atoms with Crippen LogP contribution in [0, 0.1) is 10.1 Å². The summed E-state index contributed by atoms with van der Waals surface area (Å²) in [6.07, 6.45) is 0. The van der Waals surface area contributed by atoms with Gasteiger partial charge in [-0.1, -0.05) is 0 Å². The number of nitrogens with two attached hydrogens (primary N) is 1. The van der Waals surface area contributed by atoms with Crippen LogP contribution in [0.3, 0.4) is 0 Å². The summed E-state index contributed by atoms with van der Waals surface area (Å²) in [4.78, 5) is 46.3. The van der Waals surface area contributed by atoms with Crippen molar-refractivity contribution in [3.63, 3.8) is 0 Å². The summed E-state index contributed by atoms with van der Waals surface area (Å²) in [5, 5.41) is 96.3. The molecule has 0 fully saturated rings. The minimum atomic E-state index is -0.826. The number of nitro benzene ring substituents is 1. The second-order valence-electron chi connectivity index (χ2n) is 13.8. The van der Waals surface area contributed by atoms with Gasteiger partial charge in [0, 0.05) is 77.4 Å². The second-order valence-corrected chi connectivity index (χ2v) is 18.0. The number of aromatic hydroxyl groups is 9. The number of phenolic OH excluding ortho intramolecular Hbond substituents is 9. The number of halogens is 2. The first-order valence-electron chi connectivity index (χ1n) is 18.6. The van der Waals surface area contributed by atoms with E-state index >= 15 is 0 Å². The molecule has 0 saturated heterocycles. The van der Waals surface area contributed by atoms with E-state index in [1.54, 1.807) is 18.2 Å². The molecular formula is C45H30Cl2N2O17Sn. The van der Waals surface area contributed by atoms with Gasteiger partial charge in [-0.15, -0.1) is 0 Å². The fourth-order valence-electron chi connectivity index (χ4n) is 6.34. The SMILES string of the molecule is Nc1cc(-c2cc(=O)c3c(O)cc(O)cc3o2)ccc1O.O=c1cc(-c2ccc(O)c([N+](=O)[O-])c2)oc2cc(O)cc(O)c12.O=c1cc(-c2ccc(O)cc2)oc2cc(O)cc(O)c12.[Cl][Sn][Cl]. The van der Waals surface area contributed by atoms with E-state index in [1.165, 1.54) is 54.6 Å². The summed E-state index contributed by atoms with van der Waals surface area (Å²) < 4.78 is 16.5. The zero-order valence-electron chi connectivity index (χ0n) is 33.5. The molecule has 0 aliphatic rings. The third-order valence-corrected chi connectivity index (χ3v) is 9.30. The molecule has 340 valence electrons. The van der Waals surface area contributed by atoms with Gasteiger partial charge in [0.25, 0.3) is 0 Å². The first-order valence-corrected chi connectivity index (χ1v) is 25.8. The zero-order valence-corrected chi connectivity index (χ0v) is 37.9. The molecule has 22 heteroatoms. The molecule has 3 heterocycles. The molecule has 2 radical (unpaired) electrons. The molecular weight excluding hydrogens is 1030 g/mol. The van der Waals surface area contributed by atoms with Gasteiger partial charge >= 0.3 is 42.4 Å². The van der Waals surface area contributed by atoms with Crippen molar-refractivity contribution in [2.75, 3.05) is 5.73 Å². The molecule has 0 atom stereocenters. The first kappa shape index (κ1) is 48.2. The van der Waals surface area contributed by atoms with Crippen molar-refractivity contribution in [2.24, 2.45) is 0 Å². The summed E-state index contributed by atoms with van der Waals surface area (Å²) in [6.45, 7) is 0. The summed E-state index contributed by atoms with van der Waals surface area (Å²) >= 11 is -0.826. The normalized spacial score (nSPS) is 10.6. The molecule has 11 N–H and O–H groups in total. The van der Waals surface area contributed by atoms with Crippen molar-refractivity contribution in [3.8, 4) is 85.7 Å². The van der Waals surface area contributed by atoms with Crippen LogP contribution < -0.4 is 22.0 Å². The van der Waals surface area contributed by atoms with Gasteiger partial charge in [-0.3, -0.25) is 24.5 Å². The van der Waals surface area contributed by atoms with Crippen LogP contribution >= 0.6 is 17.8 Å². The number of hydrogen-bond acceptors (Lipinski definition) is 18.